The van der Waals surface area contributed by atoms with Crippen molar-refractivity contribution >= 4 is 29.2 Å². The van der Waals surface area contributed by atoms with Gasteiger partial charge in [-0.3, -0.25) is 4.79 Å². The summed E-state index contributed by atoms with van der Waals surface area (Å²) in [4.78, 5) is 28.4. The molecule has 0 aliphatic carbocycles. The second kappa shape index (κ2) is 11.2. The van der Waals surface area contributed by atoms with Crippen LogP contribution in [0.3, 0.4) is 0 Å². The summed E-state index contributed by atoms with van der Waals surface area (Å²) in [6.07, 6.45) is -9.32. The van der Waals surface area contributed by atoms with Crippen molar-refractivity contribution in [3.63, 3.8) is 0 Å². The number of hydrogen-bond acceptors (Lipinski definition) is 7. The molecule has 1 amide bonds. The summed E-state index contributed by atoms with van der Waals surface area (Å²) in [6, 6.07) is 4.98. The number of nitrogens with one attached hydrogen (secondary N) is 1. The van der Waals surface area contributed by atoms with E-state index in [9.17, 15) is 35.9 Å². The lowest BCUT2D eigenvalue weighted by Gasteiger charge is -2.19. The molecule has 0 atom stereocenters. The topological polar surface area (TPSA) is 96.0 Å². The maximum atomic E-state index is 15.3. The average Bonchev–Trinajstić information content (AvgIpc) is 2.83. The number of carbonyl (C=O) groups excluding carboxylic acids is 2. The quantitative estimate of drug-likeness (QED) is 0.247. The number of ether oxygens (including phenoxy) is 4. The molecule has 0 saturated heterocycles. The molecular weight excluding hydrogens is 569 g/mol. The molecule has 1 heterocycles. The standard InChI is InChI=1S/C23H14ClF7N2O6/c1-36-16-9-15(38-14-4-3-11(8-12(14)24)39-23(29,30)31)17(19(25)18(16)22(26,27)28)20(34)33-10-5-6-32-13(7-10)21(35)37-2/h3-9H,1-2H3,(H,32,33,34). The predicted octanol–water partition coefficient (Wildman–Crippen LogP) is 6.63. The first-order valence-electron chi connectivity index (χ1n) is 10.2. The highest BCUT2D eigenvalue weighted by Crippen LogP contribution is 2.45. The highest BCUT2D eigenvalue weighted by atomic mass is 35.5. The molecule has 0 saturated carbocycles. The van der Waals surface area contributed by atoms with Crippen molar-refractivity contribution in [2.24, 2.45) is 0 Å². The Morgan fingerprint density at radius 3 is 2.21 bits per heavy atom. The number of hydrogen-bond donors (Lipinski definition) is 1. The van der Waals surface area contributed by atoms with Crippen molar-refractivity contribution in [3.05, 3.63) is 70.3 Å². The summed E-state index contributed by atoms with van der Waals surface area (Å²) in [5.74, 6) is -7.61. The predicted molar refractivity (Wildman–Crippen MR) is 120 cm³/mol. The molecule has 0 aliphatic heterocycles. The fourth-order valence-corrected chi connectivity index (χ4v) is 3.33. The van der Waals surface area contributed by atoms with Gasteiger partial charge in [-0.1, -0.05) is 11.6 Å². The minimum Gasteiger partial charge on any atom is -0.496 e. The van der Waals surface area contributed by atoms with E-state index in [1.165, 1.54) is 0 Å². The van der Waals surface area contributed by atoms with Crippen LogP contribution in [0.2, 0.25) is 5.02 Å². The number of aromatic nitrogens is 1. The van der Waals surface area contributed by atoms with Crippen LogP contribution in [0.4, 0.5) is 36.4 Å². The summed E-state index contributed by atoms with van der Waals surface area (Å²) < 4.78 is 112. The van der Waals surface area contributed by atoms with Crippen molar-refractivity contribution < 1.29 is 59.3 Å². The lowest BCUT2D eigenvalue weighted by molar-refractivity contribution is -0.274. The molecule has 0 radical (unpaired) electrons. The number of pyridine rings is 1. The lowest BCUT2D eigenvalue weighted by atomic mass is 10.0. The van der Waals surface area contributed by atoms with Crippen LogP contribution in [0.5, 0.6) is 23.0 Å². The van der Waals surface area contributed by atoms with E-state index in [0.29, 0.717) is 12.1 Å². The molecule has 3 aromatic rings. The zero-order valence-electron chi connectivity index (χ0n) is 19.5. The van der Waals surface area contributed by atoms with E-state index in [1.807, 2.05) is 0 Å². The third kappa shape index (κ3) is 6.98. The van der Waals surface area contributed by atoms with Gasteiger partial charge in [-0.05, 0) is 24.3 Å². The Kier molecular flexibility index (Phi) is 8.43. The van der Waals surface area contributed by atoms with Gasteiger partial charge in [0.05, 0.1) is 19.2 Å². The Bertz CT molecular complexity index is 1410. The Morgan fingerprint density at radius 1 is 0.949 bits per heavy atom. The molecule has 0 fully saturated rings. The van der Waals surface area contributed by atoms with Gasteiger partial charge in [0.25, 0.3) is 5.91 Å². The fraction of sp³-hybridized carbons (Fsp3) is 0.174. The number of rotatable bonds is 7. The monoisotopic (exact) mass is 582 g/mol. The van der Waals surface area contributed by atoms with Crippen molar-refractivity contribution in [1.82, 2.24) is 4.98 Å². The second-order valence-electron chi connectivity index (χ2n) is 7.26. The van der Waals surface area contributed by atoms with Crippen LogP contribution in [0, 0.1) is 5.82 Å². The Balaban J connectivity index is 2.11. The molecule has 39 heavy (non-hydrogen) atoms. The summed E-state index contributed by atoms with van der Waals surface area (Å²) in [5, 5.41) is 1.59. The van der Waals surface area contributed by atoms with Crippen LogP contribution >= 0.6 is 11.6 Å². The van der Waals surface area contributed by atoms with Gasteiger partial charge in [-0.2, -0.15) is 13.2 Å². The molecule has 208 valence electrons. The first-order valence-corrected chi connectivity index (χ1v) is 10.6. The van der Waals surface area contributed by atoms with Gasteiger partial charge in [0.2, 0.25) is 0 Å². The Hall–Kier alpha value is -4.27. The number of alkyl halides is 6. The highest BCUT2D eigenvalue weighted by molar-refractivity contribution is 6.32. The number of methoxy groups -OCH3 is 2. The average molecular weight is 583 g/mol. The molecular formula is C23H14ClF7N2O6. The molecule has 0 bridgehead atoms. The van der Waals surface area contributed by atoms with E-state index >= 15 is 4.39 Å². The number of halogens is 8. The van der Waals surface area contributed by atoms with Crippen LogP contribution in [0.1, 0.15) is 26.4 Å². The number of nitrogens with zero attached hydrogens (tertiary/aromatic N) is 1. The molecule has 2 aromatic carbocycles. The summed E-state index contributed by atoms with van der Waals surface area (Å²) in [7, 11) is 1.85. The minimum atomic E-state index is -5.33. The zero-order valence-corrected chi connectivity index (χ0v) is 20.2. The normalized spacial score (nSPS) is 11.5. The van der Waals surface area contributed by atoms with Gasteiger partial charge in [-0.25, -0.2) is 14.2 Å². The maximum Gasteiger partial charge on any atom is 0.573 e. The third-order valence-electron chi connectivity index (χ3n) is 4.69. The van der Waals surface area contributed by atoms with Gasteiger partial charge in [0.15, 0.2) is 5.82 Å². The molecule has 3 rings (SSSR count). The number of carbonyl (C=O) groups is 2. The van der Waals surface area contributed by atoms with Crippen molar-refractivity contribution in [2.45, 2.75) is 12.5 Å². The van der Waals surface area contributed by atoms with Crippen molar-refractivity contribution in [3.8, 4) is 23.0 Å². The van der Waals surface area contributed by atoms with E-state index in [1.54, 1.807) is 0 Å². The van der Waals surface area contributed by atoms with E-state index in [0.717, 1.165) is 44.7 Å². The largest absolute Gasteiger partial charge is 0.573 e. The van der Waals surface area contributed by atoms with Crippen LogP contribution in [-0.4, -0.2) is 37.4 Å². The van der Waals surface area contributed by atoms with Gasteiger partial charge in [0, 0.05) is 24.0 Å². The first-order chi connectivity index (χ1) is 18.1. The van der Waals surface area contributed by atoms with Crippen LogP contribution in [0.25, 0.3) is 0 Å². The van der Waals surface area contributed by atoms with Gasteiger partial charge in [0.1, 0.15) is 39.8 Å². The second-order valence-corrected chi connectivity index (χ2v) is 7.66. The van der Waals surface area contributed by atoms with Gasteiger partial charge >= 0.3 is 18.5 Å². The van der Waals surface area contributed by atoms with Crippen LogP contribution in [-0.2, 0) is 10.9 Å². The van der Waals surface area contributed by atoms with Gasteiger partial charge in [-0.15, -0.1) is 13.2 Å². The Labute approximate surface area is 219 Å². The number of anilines is 1. The molecule has 0 spiro atoms. The molecule has 1 aromatic heterocycles. The number of amides is 1. The number of benzene rings is 2. The van der Waals surface area contributed by atoms with E-state index in [4.69, 9.17) is 16.3 Å². The minimum absolute atomic E-state index is 0.184. The molecule has 0 aliphatic rings. The lowest BCUT2D eigenvalue weighted by Crippen LogP contribution is -2.20. The first kappa shape index (κ1) is 29.3. The third-order valence-corrected chi connectivity index (χ3v) is 4.99. The Morgan fingerprint density at radius 2 is 1.64 bits per heavy atom. The zero-order chi connectivity index (χ0) is 29.1. The number of esters is 1. The molecule has 0 unspecified atom stereocenters. The van der Waals surface area contributed by atoms with E-state index in [2.05, 4.69) is 24.5 Å². The summed E-state index contributed by atoms with van der Waals surface area (Å²) in [5.41, 5.74) is -3.68. The maximum absolute atomic E-state index is 15.3. The SMILES string of the molecule is COC(=O)c1cc(NC(=O)c2c(Oc3ccc(OC(F)(F)F)cc3Cl)cc(OC)c(C(F)(F)F)c2F)ccn1. The summed E-state index contributed by atoms with van der Waals surface area (Å²) in [6.45, 7) is 0. The summed E-state index contributed by atoms with van der Waals surface area (Å²) >= 11 is 5.92. The smallest absolute Gasteiger partial charge is 0.496 e. The van der Waals surface area contributed by atoms with E-state index < -0.39 is 69.4 Å². The van der Waals surface area contributed by atoms with Crippen LogP contribution < -0.4 is 19.5 Å². The van der Waals surface area contributed by atoms with Crippen molar-refractivity contribution in [1.29, 1.82) is 0 Å². The van der Waals surface area contributed by atoms with Crippen molar-refractivity contribution in [2.75, 3.05) is 19.5 Å². The fourth-order valence-electron chi connectivity index (χ4n) is 3.12. The molecule has 8 nitrogen and oxygen atoms in total. The molecule has 1 N–H and O–H groups in total. The van der Waals surface area contributed by atoms with E-state index in [-0.39, 0.29) is 11.4 Å². The van der Waals surface area contributed by atoms with Gasteiger partial charge < -0.3 is 24.3 Å². The van der Waals surface area contributed by atoms with Crippen LogP contribution in [0.15, 0.2) is 42.6 Å². The highest BCUT2D eigenvalue weighted by Gasteiger charge is 2.41. The molecule has 16 heteroatoms.